The Bertz CT molecular complexity index is 1640. The van der Waals surface area contributed by atoms with Gasteiger partial charge in [-0.2, -0.15) is 0 Å². The van der Waals surface area contributed by atoms with Gasteiger partial charge in [-0.15, -0.1) is 6.58 Å². The molecule has 0 spiro atoms. The van der Waals surface area contributed by atoms with E-state index < -0.39 is 93.5 Å². The summed E-state index contributed by atoms with van der Waals surface area (Å²) in [5.41, 5.74) is -6.48. The van der Waals surface area contributed by atoms with Crippen molar-refractivity contribution in [3.63, 3.8) is 0 Å². The number of ketones is 1. The Morgan fingerprint density at radius 3 is 1.84 bits per heavy atom. The van der Waals surface area contributed by atoms with Gasteiger partial charge in [0.25, 0.3) is 0 Å². The molecule has 3 saturated carbocycles. The van der Waals surface area contributed by atoms with E-state index in [1.807, 2.05) is 0 Å². The molecule has 0 heterocycles. The molecule has 10 atom stereocenters. The molecule has 3 fully saturated rings. The highest BCUT2D eigenvalue weighted by Gasteiger charge is 2.78. The predicted molar refractivity (Wildman–Crippen MR) is 175 cm³/mol. The van der Waals surface area contributed by atoms with Crippen LogP contribution in [-0.4, -0.2) is 78.0 Å². The number of hydrogen-bond donors (Lipinski definition) is 2. The zero-order valence-electron chi connectivity index (χ0n) is 28.6. The summed E-state index contributed by atoms with van der Waals surface area (Å²) < 4.78 is 22.9. The number of rotatable bonds is 7. The summed E-state index contributed by atoms with van der Waals surface area (Å²) in [6, 6.07) is 16.2. The molecule has 5 rings (SSSR count). The predicted octanol–water partition coefficient (Wildman–Crippen LogP) is 3.96. The minimum absolute atomic E-state index is 0.140. The standard InChI is InChI=1S/C38H44O11/c1-8-36(4)20-23(48-30(40)21-15-11-9-12-16-21)28-37(5)24(19-25(39)38(28,45)34(36)44)35(2,3)27(33(43)47-7)26(32(42)46-6)29(37)49-31(41)22-17-13-10-14-18-22/h8-18,23-29,39,45H,1,19-20H2,2-7H3/t23-,24+,25-,26+,27+,28-,29+,36+,37+,38+/m1/s1. The monoisotopic (exact) mass is 676 g/mol. The van der Waals surface area contributed by atoms with Gasteiger partial charge in [-0.05, 0) is 48.9 Å². The normalized spacial score (nSPS) is 36.2. The van der Waals surface area contributed by atoms with E-state index in [-0.39, 0.29) is 24.0 Å². The van der Waals surface area contributed by atoms with Crippen LogP contribution in [-0.2, 0) is 33.3 Å². The second-order valence-electron chi connectivity index (χ2n) is 14.5. The quantitative estimate of drug-likeness (QED) is 0.248. The zero-order chi connectivity index (χ0) is 36.1. The number of carbonyl (C=O) groups excluding carboxylic acids is 5. The Balaban J connectivity index is 1.80. The van der Waals surface area contributed by atoms with Crippen molar-refractivity contribution in [2.45, 2.75) is 64.4 Å². The molecule has 0 unspecified atom stereocenters. The highest BCUT2D eigenvalue weighted by molar-refractivity contribution is 5.97. The molecular formula is C38H44O11. The van der Waals surface area contributed by atoms with Crippen LogP contribution in [0, 0.1) is 39.9 Å². The van der Waals surface area contributed by atoms with E-state index >= 15 is 0 Å². The van der Waals surface area contributed by atoms with E-state index in [2.05, 4.69) is 6.58 Å². The SMILES string of the molecule is C=C[C@@]1(C)C[C@@H](OC(=O)c2ccccc2)[C@H]2[C@](O)(C1=O)[C@H](O)C[C@H]1C(C)(C)[C@H](C(=O)OC)[C@H](C(=O)OC)[C@H](OC(=O)c3ccccc3)[C@@]12C. The van der Waals surface area contributed by atoms with E-state index in [1.54, 1.807) is 76.2 Å². The van der Waals surface area contributed by atoms with Gasteiger partial charge in [-0.25, -0.2) is 9.59 Å². The maximum Gasteiger partial charge on any atom is 0.338 e. The van der Waals surface area contributed by atoms with Crippen molar-refractivity contribution in [1.29, 1.82) is 0 Å². The molecule has 2 aromatic carbocycles. The van der Waals surface area contributed by atoms with Crippen LogP contribution in [0.1, 0.15) is 61.3 Å². The number of allylic oxidation sites excluding steroid dienone is 1. The van der Waals surface area contributed by atoms with Gasteiger partial charge in [0.2, 0.25) is 0 Å². The number of hydrogen-bond acceptors (Lipinski definition) is 11. The molecule has 11 heteroatoms. The number of carbonyl (C=O) groups is 5. The van der Waals surface area contributed by atoms with Crippen molar-refractivity contribution < 1.29 is 53.1 Å². The molecule has 49 heavy (non-hydrogen) atoms. The summed E-state index contributed by atoms with van der Waals surface area (Å²) >= 11 is 0. The molecule has 0 bridgehead atoms. The van der Waals surface area contributed by atoms with E-state index in [9.17, 15) is 34.2 Å². The third-order valence-corrected chi connectivity index (χ3v) is 11.6. The number of methoxy groups -OCH3 is 2. The number of Topliss-reactive ketones (excluding diaryl/α,β-unsaturated/α-hetero) is 1. The first-order valence-corrected chi connectivity index (χ1v) is 16.3. The Kier molecular flexibility index (Phi) is 9.42. The van der Waals surface area contributed by atoms with Crippen molar-refractivity contribution in [3.8, 4) is 0 Å². The van der Waals surface area contributed by atoms with Crippen molar-refractivity contribution >= 4 is 29.7 Å². The van der Waals surface area contributed by atoms with Gasteiger partial charge in [0.05, 0.1) is 42.8 Å². The first-order chi connectivity index (χ1) is 23.0. The Morgan fingerprint density at radius 2 is 1.35 bits per heavy atom. The lowest BCUT2D eigenvalue weighted by Gasteiger charge is -2.69. The van der Waals surface area contributed by atoms with E-state index in [0.717, 1.165) is 7.11 Å². The van der Waals surface area contributed by atoms with Crippen LogP contribution in [0.5, 0.6) is 0 Å². The molecule has 0 aliphatic heterocycles. The molecule has 0 aromatic heterocycles. The van der Waals surface area contributed by atoms with Gasteiger partial charge < -0.3 is 29.2 Å². The van der Waals surface area contributed by atoms with Gasteiger partial charge in [0, 0.05) is 17.8 Å². The van der Waals surface area contributed by atoms with E-state index in [4.69, 9.17) is 18.9 Å². The lowest BCUT2D eigenvalue weighted by Crippen LogP contribution is -2.79. The summed E-state index contributed by atoms with van der Waals surface area (Å²) in [6.45, 7) is 10.5. The van der Waals surface area contributed by atoms with Crippen LogP contribution >= 0.6 is 0 Å². The molecule has 2 aromatic rings. The second kappa shape index (κ2) is 12.8. The van der Waals surface area contributed by atoms with Crippen molar-refractivity contribution in [2.75, 3.05) is 14.2 Å². The van der Waals surface area contributed by atoms with Crippen molar-refractivity contribution in [3.05, 3.63) is 84.4 Å². The lowest BCUT2D eigenvalue weighted by atomic mass is 9.36. The molecule has 262 valence electrons. The Labute approximate surface area is 285 Å². The molecule has 2 N–H and O–H groups in total. The van der Waals surface area contributed by atoms with E-state index in [0.29, 0.717) is 0 Å². The average Bonchev–Trinajstić information content (AvgIpc) is 3.09. The first-order valence-electron chi connectivity index (χ1n) is 16.3. The summed E-state index contributed by atoms with van der Waals surface area (Å²) in [5.74, 6) is -9.02. The maximum absolute atomic E-state index is 14.5. The minimum atomic E-state index is -2.57. The highest BCUT2D eigenvalue weighted by Crippen LogP contribution is 2.69. The third kappa shape index (κ3) is 5.47. The molecule has 3 aliphatic rings. The topological polar surface area (TPSA) is 163 Å². The number of esters is 4. The van der Waals surface area contributed by atoms with Crippen LogP contribution < -0.4 is 0 Å². The second-order valence-corrected chi connectivity index (χ2v) is 14.5. The fraction of sp³-hybridized carbons (Fsp3) is 0.500. The van der Waals surface area contributed by atoms with Crippen molar-refractivity contribution in [2.24, 2.45) is 39.9 Å². The number of fused-ring (bicyclic) bond motifs is 3. The first kappa shape index (κ1) is 35.9. The number of aliphatic hydroxyl groups is 2. The molecule has 3 aliphatic carbocycles. The van der Waals surface area contributed by atoms with Crippen LogP contribution in [0.15, 0.2) is 73.3 Å². The van der Waals surface area contributed by atoms with Crippen LogP contribution in [0.4, 0.5) is 0 Å². The summed E-state index contributed by atoms with van der Waals surface area (Å²) in [4.78, 5) is 69.6. The van der Waals surface area contributed by atoms with E-state index in [1.165, 1.54) is 25.3 Å². The van der Waals surface area contributed by atoms with Gasteiger partial charge in [-0.1, -0.05) is 63.2 Å². The third-order valence-electron chi connectivity index (χ3n) is 11.6. The molecule has 11 nitrogen and oxygen atoms in total. The molecule has 0 radical (unpaired) electrons. The van der Waals surface area contributed by atoms with Crippen LogP contribution in [0.2, 0.25) is 0 Å². The smallest absolute Gasteiger partial charge is 0.338 e. The summed E-state index contributed by atoms with van der Waals surface area (Å²) in [6.07, 6.45) is -3.55. The van der Waals surface area contributed by atoms with Crippen LogP contribution in [0.25, 0.3) is 0 Å². The number of aliphatic hydroxyl groups excluding tert-OH is 1. The van der Waals surface area contributed by atoms with Crippen molar-refractivity contribution in [1.82, 2.24) is 0 Å². The summed E-state index contributed by atoms with van der Waals surface area (Å²) in [7, 11) is 2.31. The maximum atomic E-state index is 14.5. The number of benzene rings is 2. The molecule has 0 amide bonds. The Hall–Kier alpha value is -4.35. The lowest BCUT2D eigenvalue weighted by molar-refractivity contribution is -0.295. The van der Waals surface area contributed by atoms with Gasteiger partial charge in [-0.3, -0.25) is 14.4 Å². The summed E-state index contributed by atoms with van der Waals surface area (Å²) in [5, 5.41) is 24.6. The highest BCUT2D eigenvalue weighted by atomic mass is 16.6. The van der Waals surface area contributed by atoms with Gasteiger partial charge >= 0.3 is 23.9 Å². The molecule has 0 saturated heterocycles. The van der Waals surface area contributed by atoms with Gasteiger partial charge in [0.1, 0.15) is 18.1 Å². The average molecular weight is 677 g/mol. The fourth-order valence-electron chi connectivity index (χ4n) is 9.34. The fourth-order valence-corrected chi connectivity index (χ4v) is 9.34. The number of ether oxygens (including phenoxy) is 4. The van der Waals surface area contributed by atoms with Crippen LogP contribution in [0.3, 0.4) is 0 Å². The van der Waals surface area contributed by atoms with Gasteiger partial charge in [0.15, 0.2) is 11.4 Å². The minimum Gasteiger partial charge on any atom is -0.469 e. The zero-order valence-corrected chi connectivity index (χ0v) is 28.6. The Morgan fingerprint density at radius 1 is 0.837 bits per heavy atom. The molecular weight excluding hydrogens is 632 g/mol. The largest absolute Gasteiger partial charge is 0.469 e.